The van der Waals surface area contributed by atoms with Crippen molar-refractivity contribution < 1.29 is 14.6 Å². The Bertz CT molecular complexity index is 615. The van der Waals surface area contributed by atoms with Gasteiger partial charge in [0.15, 0.2) is 0 Å². The van der Waals surface area contributed by atoms with Crippen LogP contribution in [-0.4, -0.2) is 46.9 Å². The van der Waals surface area contributed by atoms with Gasteiger partial charge < -0.3 is 14.7 Å². The van der Waals surface area contributed by atoms with Crippen molar-refractivity contribution in [3.63, 3.8) is 0 Å². The molecule has 3 rings (SSSR count). The largest absolute Gasteiger partial charge is 0.465 e. The van der Waals surface area contributed by atoms with Crippen molar-refractivity contribution in [3.05, 3.63) is 41.4 Å². The van der Waals surface area contributed by atoms with E-state index in [-0.39, 0.29) is 6.04 Å². The first-order valence-electron chi connectivity index (χ1n) is 6.80. The van der Waals surface area contributed by atoms with Gasteiger partial charge >= 0.3 is 6.09 Å². The maximum absolute atomic E-state index is 11.3. The lowest BCUT2D eigenvalue weighted by Gasteiger charge is -2.33. The molecule has 110 valence electrons. The number of morpholine rings is 1. The minimum absolute atomic E-state index is 0.122. The van der Waals surface area contributed by atoms with Crippen LogP contribution in [-0.2, 0) is 11.2 Å². The van der Waals surface area contributed by atoms with E-state index in [0.717, 1.165) is 16.1 Å². The standard InChI is InChI=1S/C15H16N2O3S/c18-15(19)17-5-6-20-10-13(17)9-11-2-1-3-12(8-11)14-16-4-7-21-14/h1-4,7-8,13H,5-6,9-10H2,(H,18,19)/t13-/m1/s1. The monoisotopic (exact) mass is 304 g/mol. The van der Waals surface area contributed by atoms with E-state index in [1.807, 2.05) is 23.6 Å². The highest BCUT2D eigenvalue weighted by molar-refractivity contribution is 7.13. The number of amides is 1. The van der Waals surface area contributed by atoms with Gasteiger partial charge in [-0.05, 0) is 18.1 Å². The molecule has 6 heteroatoms. The van der Waals surface area contributed by atoms with Gasteiger partial charge in [-0.25, -0.2) is 9.78 Å². The first kappa shape index (κ1) is 14.0. The number of hydrogen-bond acceptors (Lipinski definition) is 4. The Morgan fingerprint density at radius 3 is 3.19 bits per heavy atom. The molecule has 1 saturated heterocycles. The number of hydrogen-bond donors (Lipinski definition) is 1. The van der Waals surface area contributed by atoms with Crippen molar-refractivity contribution >= 4 is 17.4 Å². The summed E-state index contributed by atoms with van der Waals surface area (Å²) in [6.07, 6.45) is 1.57. The van der Waals surface area contributed by atoms with E-state index in [2.05, 4.69) is 11.1 Å². The number of benzene rings is 1. The van der Waals surface area contributed by atoms with Crippen LogP contribution in [0.15, 0.2) is 35.8 Å². The number of thiazole rings is 1. The van der Waals surface area contributed by atoms with Gasteiger partial charge in [-0.1, -0.05) is 18.2 Å². The molecule has 1 fully saturated rings. The van der Waals surface area contributed by atoms with Crippen molar-refractivity contribution in [1.29, 1.82) is 0 Å². The topological polar surface area (TPSA) is 62.7 Å². The van der Waals surface area contributed by atoms with E-state index >= 15 is 0 Å². The fourth-order valence-electron chi connectivity index (χ4n) is 2.55. The Balaban J connectivity index is 1.78. The Morgan fingerprint density at radius 1 is 1.52 bits per heavy atom. The molecule has 0 unspecified atom stereocenters. The van der Waals surface area contributed by atoms with Gasteiger partial charge in [0, 0.05) is 23.7 Å². The number of ether oxygens (including phenoxy) is 1. The molecule has 0 bridgehead atoms. The molecule has 1 aromatic carbocycles. The van der Waals surface area contributed by atoms with E-state index in [1.54, 1.807) is 17.5 Å². The van der Waals surface area contributed by atoms with Gasteiger partial charge in [-0.2, -0.15) is 0 Å². The van der Waals surface area contributed by atoms with Crippen LogP contribution in [0.4, 0.5) is 4.79 Å². The molecule has 1 aromatic heterocycles. The first-order valence-corrected chi connectivity index (χ1v) is 7.68. The number of carboxylic acid groups (broad SMARTS) is 1. The highest BCUT2D eigenvalue weighted by atomic mass is 32.1. The lowest BCUT2D eigenvalue weighted by atomic mass is 10.0. The van der Waals surface area contributed by atoms with Crippen molar-refractivity contribution in [1.82, 2.24) is 9.88 Å². The molecule has 2 aromatic rings. The Hall–Kier alpha value is -1.92. The number of aromatic nitrogens is 1. The highest BCUT2D eigenvalue weighted by Gasteiger charge is 2.27. The van der Waals surface area contributed by atoms with Crippen LogP contribution in [0.2, 0.25) is 0 Å². The molecule has 2 heterocycles. The first-order chi connectivity index (χ1) is 10.2. The predicted octanol–water partition coefficient (Wildman–Crippen LogP) is 2.73. The molecule has 0 radical (unpaired) electrons. The molecule has 1 aliphatic rings. The van der Waals surface area contributed by atoms with E-state index in [1.165, 1.54) is 4.90 Å². The fourth-order valence-corrected chi connectivity index (χ4v) is 3.18. The zero-order valence-electron chi connectivity index (χ0n) is 11.4. The minimum Gasteiger partial charge on any atom is -0.465 e. The highest BCUT2D eigenvalue weighted by Crippen LogP contribution is 2.23. The smallest absolute Gasteiger partial charge is 0.407 e. The summed E-state index contributed by atoms with van der Waals surface area (Å²) >= 11 is 1.60. The van der Waals surface area contributed by atoms with Gasteiger partial charge in [0.2, 0.25) is 0 Å². The SMILES string of the molecule is O=C(O)N1CCOC[C@H]1Cc1cccc(-c2nccs2)c1. The summed E-state index contributed by atoms with van der Waals surface area (Å²) in [5.41, 5.74) is 2.17. The summed E-state index contributed by atoms with van der Waals surface area (Å²) in [6.45, 7) is 1.36. The Kier molecular flexibility index (Phi) is 4.17. The molecular formula is C15H16N2O3S. The summed E-state index contributed by atoms with van der Waals surface area (Å²) in [7, 11) is 0. The third kappa shape index (κ3) is 3.22. The predicted molar refractivity (Wildman–Crippen MR) is 80.6 cm³/mol. The van der Waals surface area contributed by atoms with Crippen molar-refractivity contribution in [2.45, 2.75) is 12.5 Å². The molecule has 5 nitrogen and oxygen atoms in total. The maximum Gasteiger partial charge on any atom is 0.407 e. The van der Waals surface area contributed by atoms with Gasteiger partial charge in [-0.3, -0.25) is 0 Å². The van der Waals surface area contributed by atoms with Crippen LogP contribution in [0.3, 0.4) is 0 Å². The Labute approximate surface area is 126 Å². The molecule has 21 heavy (non-hydrogen) atoms. The van der Waals surface area contributed by atoms with Crippen LogP contribution in [0.5, 0.6) is 0 Å². The average Bonchev–Trinajstić information content (AvgIpc) is 3.02. The summed E-state index contributed by atoms with van der Waals surface area (Å²) in [5.74, 6) is 0. The summed E-state index contributed by atoms with van der Waals surface area (Å²) in [6, 6.07) is 7.98. The molecule has 0 saturated carbocycles. The number of rotatable bonds is 3. The summed E-state index contributed by atoms with van der Waals surface area (Å²) < 4.78 is 5.42. The molecule has 0 spiro atoms. The molecular weight excluding hydrogens is 288 g/mol. The second-order valence-electron chi connectivity index (χ2n) is 4.95. The average molecular weight is 304 g/mol. The quantitative estimate of drug-likeness (QED) is 0.947. The normalized spacial score (nSPS) is 18.7. The summed E-state index contributed by atoms with van der Waals surface area (Å²) in [5, 5.41) is 12.2. The van der Waals surface area contributed by atoms with E-state index in [4.69, 9.17) is 4.74 Å². The van der Waals surface area contributed by atoms with Crippen molar-refractivity contribution in [2.75, 3.05) is 19.8 Å². The second-order valence-corrected chi connectivity index (χ2v) is 5.84. The van der Waals surface area contributed by atoms with Crippen LogP contribution in [0, 0.1) is 0 Å². The van der Waals surface area contributed by atoms with Crippen LogP contribution in [0.25, 0.3) is 10.6 Å². The van der Waals surface area contributed by atoms with Crippen LogP contribution < -0.4 is 0 Å². The number of nitrogens with zero attached hydrogens (tertiary/aromatic N) is 2. The van der Waals surface area contributed by atoms with Crippen molar-refractivity contribution in [3.8, 4) is 10.6 Å². The fraction of sp³-hybridized carbons (Fsp3) is 0.333. The van der Waals surface area contributed by atoms with Crippen LogP contribution in [0.1, 0.15) is 5.56 Å². The van der Waals surface area contributed by atoms with Crippen molar-refractivity contribution in [2.24, 2.45) is 0 Å². The van der Waals surface area contributed by atoms with E-state index in [0.29, 0.717) is 26.2 Å². The third-order valence-electron chi connectivity index (χ3n) is 3.55. The van der Waals surface area contributed by atoms with E-state index in [9.17, 15) is 9.90 Å². The number of carbonyl (C=O) groups is 1. The third-order valence-corrected chi connectivity index (χ3v) is 4.37. The minimum atomic E-state index is -0.876. The molecule has 0 aliphatic carbocycles. The molecule has 1 N–H and O–H groups in total. The van der Waals surface area contributed by atoms with Gasteiger partial charge in [0.25, 0.3) is 0 Å². The Morgan fingerprint density at radius 2 is 2.43 bits per heavy atom. The summed E-state index contributed by atoms with van der Waals surface area (Å²) in [4.78, 5) is 17.0. The van der Waals surface area contributed by atoms with Crippen LogP contribution >= 0.6 is 11.3 Å². The van der Waals surface area contributed by atoms with E-state index < -0.39 is 6.09 Å². The lowest BCUT2D eigenvalue weighted by Crippen LogP contribution is -2.49. The molecule has 1 atom stereocenters. The van der Waals surface area contributed by atoms with Gasteiger partial charge in [-0.15, -0.1) is 11.3 Å². The zero-order valence-corrected chi connectivity index (χ0v) is 12.3. The zero-order chi connectivity index (χ0) is 14.7. The van der Waals surface area contributed by atoms with Gasteiger partial charge in [0.05, 0.1) is 19.3 Å². The maximum atomic E-state index is 11.3. The van der Waals surface area contributed by atoms with Gasteiger partial charge in [0.1, 0.15) is 5.01 Å². The second kappa shape index (κ2) is 6.24. The lowest BCUT2D eigenvalue weighted by molar-refractivity contribution is 0.000290. The molecule has 1 amide bonds. The molecule has 1 aliphatic heterocycles.